The molecule has 6 aromatic carbocycles. The molecule has 0 aliphatic heterocycles. The summed E-state index contributed by atoms with van der Waals surface area (Å²) in [6, 6.07) is 61.4. The summed E-state index contributed by atoms with van der Waals surface area (Å²) in [5.41, 5.74) is 10.6. The normalized spacial score (nSPS) is 10.9. The number of imidazole rings is 2. The van der Waals surface area contributed by atoms with Crippen LogP contribution in [0.1, 0.15) is 0 Å². The van der Waals surface area contributed by atoms with E-state index in [0.29, 0.717) is 34.4 Å². The number of aromatic nitrogens is 6. The number of pyridine rings is 2. The van der Waals surface area contributed by atoms with Crippen LogP contribution in [0.25, 0.3) is 56.2 Å². The minimum Gasteiger partial charge on any atom is -0.511 e. The van der Waals surface area contributed by atoms with Crippen molar-refractivity contribution in [3.63, 3.8) is 0 Å². The zero-order valence-corrected chi connectivity index (χ0v) is 39.6. The van der Waals surface area contributed by atoms with Crippen molar-refractivity contribution >= 4 is 33.4 Å². The number of para-hydroxylation sites is 8. The van der Waals surface area contributed by atoms with Crippen LogP contribution >= 0.6 is 0 Å². The van der Waals surface area contributed by atoms with Crippen LogP contribution in [0, 0.1) is 36.9 Å². The van der Waals surface area contributed by atoms with E-state index in [0.717, 1.165) is 56.2 Å². The molecule has 0 bridgehead atoms. The fourth-order valence-electron chi connectivity index (χ4n) is 7.49. The number of benzene rings is 6. The van der Waals surface area contributed by atoms with E-state index in [4.69, 9.17) is 9.47 Å². The van der Waals surface area contributed by atoms with Crippen molar-refractivity contribution in [2.24, 2.45) is 0 Å². The van der Waals surface area contributed by atoms with Crippen LogP contribution in [0.3, 0.4) is 0 Å². The fourth-order valence-corrected chi connectivity index (χ4v) is 7.49. The Hall–Kier alpha value is -6.86. The summed E-state index contributed by atoms with van der Waals surface area (Å²) < 4.78 is 20.8. The molecule has 0 saturated heterocycles. The molecule has 0 aliphatic carbocycles. The summed E-state index contributed by atoms with van der Waals surface area (Å²) in [5, 5.41) is 0. The van der Waals surface area contributed by atoms with Crippen LogP contribution in [0.4, 0.5) is 11.4 Å². The molecule has 10 rings (SSSR count). The van der Waals surface area contributed by atoms with Crippen LogP contribution < -0.4 is 28.4 Å². The monoisotopic (exact) mass is 1200 g/mol. The molecular weight excluding hydrogens is 1160 g/mol. The summed E-state index contributed by atoms with van der Waals surface area (Å²) in [6.07, 6.45) is 10.4. The third-order valence-corrected chi connectivity index (χ3v) is 10.3. The third-order valence-electron chi connectivity index (χ3n) is 10.3. The number of fused-ring (bicyclic) bond motifs is 2. The van der Waals surface area contributed by atoms with Crippen molar-refractivity contribution in [2.75, 3.05) is 38.0 Å². The van der Waals surface area contributed by atoms with Crippen LogP contribution in [0.5, 0.6) is 23.0 Å². The number of nitrogens with zero attached hydrogens (tertiary/aromatic N) is 8. The van der Waals surface area contributed by atoms with Crippen LogP contribution in [0.15, 0.2) is 158 Å². The van der Waals surface area contributed by atoms with Gasteiger partial charge in [0.15, 0.2) is 0 Å². The maximum atomic E-state index is 6.34. The second-order valence-electron chi connectivity index (χ2n) is 14.9. The van der Waals surface area contributed by atoms with Gasteiger partial charge in [0, 0.05) is 105 Å². The van der Waals surface area contributed by atoms with Crippen LogP contribution in [-0.4, -0.2) is 47.3 Å². The molecule has 0 fully saturated rings. The molecule has 12 heteroatoms. The predicted octanol–water partition coefficient (Wildman–Crippen LogP) is 9.10. The molecule has 0 spiro atoms. The predicted molar refractivity (Wildman–Crippen MR) is 239 cm³/mol. The molecule has 0 N–H and O–H groups in total. The standard InChI is InChI=1S/C52H38N8O2.2Pt/c1-55(2)45-19-5-7-21-47(45)59-35-57(49-23-9-11-25-51(49)59)37-15-13-17-39(31-37)61-41-27-29-53-43(33-41)44-34-42(28-30-54-44)62-40-18-14-16-38(32-40)58-36-60(52-26-12-10-24-50(52)58)48-22-8-6-20-46(48)56(3)4;;/h5-30H,1-4H3;;/q-4;;. The summed E-state index contributed by atoms with van der Waals surface area (Å²) in [6.45, 7) is 0. The van der Waals surface area contributed by atoms with Gasteiger partial charge in [-0.15, -0.1) is 47.8 Å². The third kappa shape index (κ3) is 8.59. The largest absolute Gasteiger partial charge is 0.511 e. The smallest absolute Gasteiger partial charge is 0.268 e. The van der Waals surface area contributed by atoms with E-state index in [2.05, 4.69) is 114 Å². The first-order chi connectivity index (χ1) is 30.4. The first kappa shape index (κ1) is 43.8. The Balaban J connectivity index is 0.00000280. The van der Waals surface area contributed by atoms with Gasteiger partial charge < -0.3 is 38.4 Å². The van der Waals surface area contributed by atoms with Crippen molar-refractivity contribution in [1.82, 2.24) is 19.1 Å². The van der Waals surface area contributed by atoms with E-state index in [-0.39, 0.29) is 42.1 Å². The Labute approximate surface area is 400 Å². The van der Waals surface area contributed by atoms with E-state index < -0.39 is 0 Å². The molecule has 10 nitrogen and oxygen atoms in total. The quantitative estimate of drug-likeness (QED) is 0.0952. The minimum absolute atomic E-state index is 0. The molecule has 322 valence electrons. The molecule has 0 amide bonds. The second kappa shape index (κ2) is 18.9. The molecule has 0 unspecified atom stereocenters. The zero-order chi connectivity index (χ0) is 42.2. The Morgan fingerprint density at radius 3 is 1.27 bits per heavy atom. The fraction of sp³-hybridized carbons (Fsp3) is 0.0769. The van der Waals surface area contributed by atoms with E-state index in [1.54, 1.807) is 24.5 Å². The van der Waals surface area contributed by atoms with Gasteiger partial charge in [-0.05, 0) is 48.0 Å². The van der Waals surface area contributed by atoms with Gasteiger partial charge in [0.1, 0.15) is 0 Å². The van der Waals surface area contributed by atoms with E-state index in [1.165, 1.54) is 0 Å². The van der Waals surface area contributed by atoms with E-state index in [9.17, 15) is 0 Å². The topological polar surface area (TPSA) is 68.3 Å². The molecule has 4 aromatic heterocycles. The van der Waals surface area contributed by atoms with Gasteiger partial charge in [0.05, 0.1) is 33.4 Å². The molecule has 4 heterocycles. The number of hydrogen-bond donors (Lipinski definition) is 0. The van der Waals surface area contributed by atoms with Crippen molar-refractivity contribution in [3.8, 4) is 57.1 Å². The second-order valence-corrected chi connectivity index (χ2v) is 14.9. The average Bonchev–Trinajstić information content (AvgIpc) is 3.89. The first-order valence-electron chi connectivity index (χ1n) is 20.0. The Kier molecular flexibility index (Phi) is 12.9. The molecule has 10 aromatic rings. The number of anilines is 2. The number of ether oxygens (including phenoxy) is 2. The number of hydrogen-bond acceptors (Lipinski definition) is 6. The molecule has 0 aliphatic rings. The average molecular weight is 1200 g/mol. The summed E-state index contributed by atoms with van der Waals surface area (Å²) in [4.78, 5) is 13.3. The van der Waals surface area contributed by atoms with Crippen molar-refractivity contribution < 1.29 is 60.7 Å². The number of rotatable bonds is 11. The summed E-state index contributed by atoms with van der Waals surface area (Å²) in [5.74, 6) is 1.91. The maximum Gasteiger partial charge on any atom is 0.268 e. The van der Waals surface area contributed by atoms with Gasteiger partial charge in [-0.2, -0.15) is 36.4 Å². The minimum atomic E-state index is 0. The molecule has 0 radical (unpaired) electrons. The molecular formula is C52H38N8O2Pt2-4. The zero-order valence-electron chi connectivity index (χ0n) is 35.0. The van der Waals surface area contributed by atoms with Crippen LogP contribution in [-0.2, 0) is 42.1 Å². The Morgan fingerprint density at radius 2 is 0.828 bits per heavy atom. The molecule has 64 heavy (non-hydrogen) atoms. The summed E-state index contributed by atoms with van der Waals surface area (Å²) >= 11 is 0. The van der Waals surface area contributed by atoms with Crippen LogP contribution in [0.2, 0.25) is 0 Å². The maximum absolute atomic E-state index is 6.34. The van der Waals surface area contributed by atoms with Gasteiger partial charge in [-0.25, -0.2) is 0 Å². The Morgan fingerprint density at radius 1 is 0.438 bits per heavy atom. The van der Waals surface area contributed by atoms with E-state index in [1.807, 2.05) is 122 Å². The molecule has 0 saturated carbocycles. The van der Waals surface area contributed by atoms with E-state index >= 15 is 0 Å². The van der Waals surface area contributed by atoms with Crippen molar-refractivity contribution in [2.45, 2.75) is 0 Å². The SMILES string of the molecule is CN(C)c1ccccc1-n1[c-][n+](-c2[c-]c(Oc3[c-]c(-c4[c-]c(Oc5[c-]c(-[n+]6[c-]n(-c7ccccc7N(C)C)c7ccccc76)ccc5)ccn4)ncc3)ccc2)c2ccccc21.[Pt].[Pt]. The van der Waals surface area contributed by atoms with Gasteiger partial charge in [0.25, 0.3) is 12.7 Å². The molecule has 0 atom stereocenters. The van der Waals surface area contributed by atoms with Gasteiger partial charge in [-0.3, -0.25) is 9.13 Å². The van der Waals surface area contributed by atoms with Crippen molar-refractivity contribution in [3.05, 3.63) is 195 Å². The van der Waals surface area contributed by atoms with Crippen molar-refractivity contribution in [1.29, 1.82) is 0 Å². The summed E-state index contributed by atoms with van der Waals surface area (Å²) in [7, 11) is 8.16. The van der Waals surface area contributed by atoms with Gasteiger partial charge in [-0.1, -0.05) is 72.8 Å². The Bertz CT molecular complexity index is 3040. The van der Waals surface area contributed by atoms with Gasteiger partial charge in [0.2, 0.25) is 0 Å². The van der Waals surface area contributed by atoms with Gasteiger partial charge >= 0.3 is 0 Å². The first-order valence-corrected chi connectivity index (χ1v) is 20.0.